The number of hydrogen-bond donors (Lipinski definition) is 1. The van der Waals surface area contributed by atoms with Crippen molar-refractivity contribution in [2.24, 2.45) is 0 Å². The van der Waals surface area contributed by atoms with Gasteiger partial charge in [0.05, 0.1) is 17.9 Å². The van der Waals surface area contributed by atoms with Gasteiger partial charge in [-0.3, -0.25) is 4.79 Å². The van der Waals surface area contributed by atoms with Crippen molar-refractivity contribution in [3.63, 3.8) is 0 Å². The number of carbonyl (C=O) groups is 2. The smallest absolute Gasteiger partial charge is 0.336 e. The molecule has 1 heterocycles. The Morgan fingerprint density at radius 2 is 1.71 bits per heavy atom. The molecular weight excluding hydrogens is 350 g/mol. The topological polar surface area (TPSA) is 55.4 Å². The summed E-state index contributed by atoms with van der Waals surface area (Å²) in [6, 6.07) is 15.7. The summed E-state index contributed by atoms with van der Waals surface area (Å²) in [7, 11) is 0. The maximum Gasteiger partial charge on any atom is 0.336 e. The number of ketones is 1. The fourth-order valence-electron chi connectivity index (χ4n) is 4.09. The van der Waals surface area contributed by atoms with Crippen LogP contribution in [0.25, 0.3) is 5.70 Å². The molecule has 4 nitrogen and oxygen atoms in total. The molecule has 142 valence electrons. The highest BCUT2D eigenvalue weighted by Gasteiger charge is 2.42. The van der Waals surface area contributed by atoms with E-state index in [1.807, 2.05) is 43.3 Å². The van der Waals surface area contributed by atoms with Crippen molar-refractivity contribution in [1.29, 1.82) is 0 Å². The summed E-state index contributed by atoms with van der Waals surface area (Å²) in [4.78, 5) is 26.1. The summed E-state index contributed by atoms with van der Waals surface area (Å²) in [5.41, 5.74) is 6.36. The molecule has 0 saturated heterocycles. The van der Waals surface area contributed by atoms with E-state index in [1.165, 1.54) is 5.56 Å². The lowest BCUT2D eigenvalue weighted by molar-refractivity contribution is -0.138. The van der Waals surface area contributed by atoms with Gasteiger partial charge in [0.1, 0.15) is 0 Å². The molecule has 2 aromatic rings. The van der Waals surface area contributed by atoms with Crippen LogP contribution in [0.1, 0.15) is 53.7 Å². The number of allylic oxidation sites excluding steroid dienone is 2. The van der Waals surface area contributed by atoms with Gasteiger partial charge < -0.3 is 10.1 Å². The number of esters is 1. The van der Waals surface area contributed by atoms with Crippen molar-refractivity contribution in [2.45, 2.75) is 33.1 Å². The minimum atomic E-state index is -0.443. The normalized spacial score (nSPS) is 18.0. The van der Waals surface area contributed by atoms with Crippen molar-refractivity contribution in [3.05, 3.63) is 87.6 Å². The third-order valence-corrected chi connectivity index (χ3v) is 5.47. The maximum absolute atomic E-state index is 13.3. The molecule has 1 aliphatic heterocycles. The number of Topliss-reactive ketones (excluding diaryl/α,β-unsaturated/α-hetero) is 1. The van der Waals surface area contributed by atoms with Gasteiger partial charge in [-0.15, -0.1) is 0 Å². The second-order valence-corrected chi connectivity index (χ2v) is 7.08. The minimum absolute atomic E-state index is 0.0306. The van der Waals surface area contributed by atoms with Gasteiger partial charge in [0, 0.05) is 28.3 Å². The molecule has 0 unspecified atom stereocenters. The third-order valence-electron chi connectivity index (χ3n) is 5.47. The Hall–Kier alpha value is -3.14. The molecule has 4 rings (SSSR count). The van der Waals surface area contributed by atoms with Gasteiger partial charge in [-0.05, 0) is 31.4 Å². The molecule has 28 heavy (non-hydrogen) atoms. The van der Waals surface area contributed by atoms with E-state index in [-0.39, 0.29) is 18.4 Å². The standard InChI is InChI=1S/C24H23NO3/c1-4-15-10-12-16(13-11-15)20-19(24(27)28-5-2)14(3)25-22-17-8-6-7-9-18(17)23(26)21(20)22/h6-13,20,25H,4-5H2,1-3H3/t20-/m0/s1. The van der Waals surface area contributed by atoms with Crippen LogP contribution in [0.15, 0.2) is 65.4 Å². The summed E-state index contributed by atoms with van der Waals surface area (Å²) >= 11 is 0. The zero-order valence-corrected chi connectivity index (χ0v) is 16.3. The number of dihydropyridines is 1. The Kier molecular flexibility index (Phi) is 4.63. The van der Waals surface area contributed by atoms with Crippen LogP contribution >= 0.6 is 0 Å². The molecule has 0 aromatic heterocycles. The summed E-state index contributed by atoms with van der Waals surface area (Å²) in [5, 5.41) is 3.31. The van der Waals surface area contributed by atoms with Gasteiger partial charge in [0.2, 0.25) is 0 Å². The van der Waals surface area contributed by atoms with Gasteiger partial charge in [0.15, 0.2) is 5.78 Å². The lowest BCUT2D eigenvalue weighted by Crippen LogP contribution is -2.29. The number of ether oxygens (including phenoxy) is 1. The van der Waals surface area contributed by atoms with Crippen LogP contribution in [0.4, 0.5) is 0 Å². The molecule has 1 N–H and O–H groups in total. The molecular formula is C24H23NO3. The molecule has 0 amide bonds. The van der Waals surface area contributed by atoms with E-state index in [0.29, 0.717) is 16.7 Å². The molecule has 1 atom stereocenters. The first kappa shape index (κ1) is 18.2. The second kappa shape index (κ2) is 7.12. The predicted octanol–water partition coefficient (Wildman–Crippen LogP) is 4.38. The number of aryl methyl sites for hydroxylation is 1. The Morgan fingerprint density at radius 3 is 2.36 bits per heavy atom. The van der Waals surface area contributed by atoms with Crippen molar-refractivity contribution >= 4 is 17.4 Å². The summed E-state index contributed by atoms with van der Waals surface area (Å²) in [5.74, 6) is -0.856. The fraction of sp³-hybridized carbons (Fsp3) is 0.250. The van der Waals surface area contributed by atoms with Gasteiger partial charge >= 0.3 is 5.97 Å². The Bertz CT molecular complexity index is 1030. The van der Waals surface area contributed by atoms with Gasteiger partial charge in [-0.2, -0.15) is 0 Å². The van der Waals surface area contributed by atoms with Crippen LogP contribution in [0, 0.1) is 0 Å². The average molecular weight is 373 g/mol. The van der Waals surface area contributed by atoms with Gasteiger partial charge in [0.25, 0.3) is 0 Å². The van der Waals surface area contributed by atoms with Crippen molar-refractivity contribution in [2.75, 3.05) is 6.61 Å². The van der Waals surface area contributed by atoms with Crippen LogP contribution in [-0.4, -0.2) is 18.4 Å². The molecule has 0 spiro atoms. The second-order valence-electron chi connectivity index (χ2n) is 7.08. The van der Waals surface area contributed by atoms with E-state index < -0.39 is 5.92 Å². The predicted molar refractivity (Wildman–Crippen MR) is 109 cm³/mol. The van der Waals surface area contributed by atoms with Crippen LogP contribution in [0.5, 0.6) is 0 Å². The van der Waals surface area contributed by atoms with Crippen LogP contribution in [-0.2, 0) is 16.0 Å². The molecule has 0 fully saturated rings. The highest BCUT2D eigenvalue weighted by molar-refractivity contribution is 6.23. The SMILES string of the molecule is CCOC(=O)C1=C(C)NC2=C(C(=O)c3ccccc32)[C@H]1c1ccc(CC)cc1. The number of hydrogen-bond acceptors (Lipinski definition) is 4. The van der Waals surface area contributed by atoms with Gasteiger partial charge in [-0.25, -0.2) is 4.79 Å². The molecule has 0 saturated carbocycles. The summed E-state index contributed by atoms with van der Waals surface area (Å²) in [6.07, 6.45) is 0.935. The lowest BCUT2D eigenvalue weighted by atomic mass is 9.79. The van der Waals surface area contributed by atoms with Crippen LogP contribution in [0.3, 0.4) is 0 Å². The largest absolute Gasteiger partial charge is 0.463 e. The highest BCUT2D eigenvalue weighted by atomic mass is 16.5. The molecule has 1 aliphatic carbocycles. The molecule has 0 bridgehead atoms. The van der Waals surface area contributed by atoms with Crippen LogP contribution in [0.2, 0.25) is 0 Å². The monoisotopic (exact) mass is 373 g/mol. The lowest BCUT2D eigenvalue weighted by Gasteiger charge is -2.29. The third kappa shape index (κ3) is 2.76. The minimum Gasteiger partial charge on any atom is -0.463 e. The quantitative estimate of drug-likeness (QED) is 0.808. The van der Waals surface area contributed by atoms with E-state index in [4.69, 9.17) is 4.74 Å². The van der Waals surface area contributed by atoms with Crippen molar-refractivity contribution in [1.82, 2.24) is 5.32 Å². The van der Waals surface area contributed by atoms with E-state index in [2.05, 4.69) is 24.4 Å². The first-order valence-electron chi connectivity index (χ1n) is 9.68. The summed E-state index contributed by atoms with van der Waals surface area (Å²) < 4.78 is 5.34. The molecule has 4 heteroatoms. The first-order valence-corrected chi connectivity index (χ1v) is 9.68. The van der Waals surface area contributed by atoms with E-state index in [1.54, 1.807) is 6.92 Å². The fourth-order valence-corrected chi connectivity index (χ4v) is 4.09. The van der Waals surface area contributed by atoms with Gasteiger partial charge in [-0.1, -0.05) is 55.5 Å². The Balaban J connectivity index is 1.90. The number of nitrogens with one attached hydrogen (secondary N) is 1. The zero-order chi connectivity index (χ0) is 19.8. The van der Waals surface area contributed by atoms with Crippen LogP contribution < -0.4 is 5.32 Å². The van der Waals surface area contributed by atoms with E-state index >= 15 is 0 Å². The van der Waals surface area contributed by atoms with Crippen molar-refractivity contribution in [3.8, 4) is 0 Å². The molecule has 2 aliphatic rings. The average Bonchev–Trinajstić information content (AvgIpc) is 2.99. The van der Waals surface area contributed by atoms with Crippen molar-refractivity contribution < 1.29 is 14.3 Å². The number of benzene rings is 2. The number of rotatable bonds is 4. The van der Waals surface area contributed by atoms with E-state index in [9.17, 15) is 9.59 Å². The molecule has 2 aromatic carbocycles. The highest BCUT2D eigenvalue weighted by Crippen LogP contribution is 2.46. The Labute approximate surface area is 164 Å². The van der Waals surface area contributed by atoms with E-state index in [0.717, 1.165) is 28.9 Å². The Morgan fingerprint density at radius 1 is 1.04 bits per heavy atom. The zero-order valence-electron chi connectivity index (χ0n) is 16.3. The molecule has 0 radical (unpaired) electrons. The number of fused-ring (bicyclic) bond motifs is 2. The first-order chi connectivity index (χ1) is 13.6. The number of carbonyl (C=O) groups excluding carboxylic acids is 2. The summed E-state index contributed by atoms with van der Waals surface area (Å²) in [6.45, 7) is 6.05. The maximum atomic E-state index is 13.3.